The second-order valence-electron chi connectivity index (χ2n) is 4.45. The zero-order chi connectivity index (χ0) is 11.4. The van der Waals surface area contributed by atoms with Crippen LogP contribution in [0.25, 0.3) is 0 Å². The van der Waals surface area contributed by atoms with Gasteiger partial charge in [0.2, 0.25) is 0 Å². The van der Waals surface area contributed by atoms with E-state index in [1.165, 1.54) is 12.8 Å². The minimum atomic E-state index is 0.257. The summed E-state index contributed by atoms with van der Waals surface area (Å²) in [6, 6.07) is 4.07. The van der Waals surface area contributed by atoms with E-state index in [9.17, 15) is 5.11 Å². The van der Waals surface area contributed by atoms with E-state index in [0.717, 1.165) is 18.7 Å². The third-order valence-corrected chi connectivity index (χ3v) is 3.26. The van der Waals surface area contributed by atoms with Gasteiger partial charge in [0.05, 0.1) is 11.9 Å². The van der Waals surface area contributed by atoms with E-state index in [-0.39, 0.29) is 6.61 Å². The van der Waals surface area contributed by atoms with Gasteiger partial charge in [0.25, 0.3) is 0 Å². The molecule has 1 fully saturated rings. The first-order valence-electron chi connectivity index (χ1n) is 5.88. The Balaban J connectivity index is 1.99. The molecule has 0 bridgehead atoms. The Morgan fingerprint density at radius 3 is 2.88 bits per heavy atom. The van der Waals surface area contributed by atoms with Crippen molar-refractivity contribution in [2.75, 3.05) is 17.7 Å². The molecular formula is C12H19N3O. The molecule has 0 aromatic carbocycles. The Bertz CT molecular complexity index is 326. The summed E-state index contributed by atoms with van der Waals surface area (Å²) in [5.41, 5.74) is 6.26. The highest BCUT2D eigenvalue weighted by molar-refractivity contribution is 5.44. The maximum absolute atomic E-state index is 9.30. The highest BCUT2D eigenvalue weighted by Crippen LogP contribution is 2.26. The van der Waals surface area contributed by atoms with E-state index in [2.05, 4.69) is 10.3 Å². The lowest BCUT2D eigenvalue weighted by atomic mass is 9.85. The Morgan fingerprint density at radius 2 is 2.19 bits per heavy atom. The van der Waals surface area contributed by atoms with Crippen molar-refractivity contribution in [3.8, 4) is 0 Å². The number of anilines is 2. The molecule has 4 N–H and O–H groups in total. The smallest absolute Gasteiger partial charge is 0.126 e. The molecule has 2 atom stereocenters. The number of rotatable bonds is 3. The number of nitrogens with one attached hydrogen (secondary N) is 1. The predicted molar refractivity (Wildman–Crippen MR) is 65.1 cm³/mol. The zero-order valence-corrected chi connectivity index (χ0v) is 9.39. The van der Waals surface area contributed by atoms with Gasteiger partial charge >= 0.3 is 0 Å². The van der Waals surface area contributed by atoms with Gasteiger partial charge in [-0.05, 0) is 25.0 Å². The fourth-order valence-electron chi connectivity index (χ4n) is 2.30. The van der Waals surface area contributed by atoms with Crippen LogP contribution in [0.4, 0.5) is 11.5 Å². The average molecular weight is 221 g/mol. The Kier molecular flexibility index (Phi) is 3.62. The van der Waals surface area contributed by atoms with Gasteiger partial charge in [-0.15, -0.1) is 0 Å². The summed E-state index contributed by atoms with van der Waals surface area (Å²) in [6.45, 7) is 0.257. The fourth-order valence-corrected chi connectivity index (χ4v) is 2.30. The Morgan fingerprint density at radius 1 is 1.38 bits per heavy atom. The zero-order valence-electron chi connectivity index (χ0n) is 9.39. The van der Waals surface area contributed by atoms with E-state index in [4.69, 9.17) is 5.73 Å². The van der Waals surface area contributed by atoms with Gasteiger partial charge in [-0.25, -0.2) is 4.98 Å². The van der Waals surface area contributed by atoms with Crippen molar-refractivity contribution in [3.63, 3.8) is 0 Å². The van der Waals surface area contributed by atoms with Gasteiger partial charge in [0.1, 0.15) is 5.82 Å². The van der Waals surface area contributed by atoms with Crippen LogP contribution in [0, 0.1) is 5.92 Å². The molecule has 1 saturated carbocycles. The number of nitrogens with two attached hydrogens (primary N) is 1. The number of aromatic nitrogens is 1. The molecule has 4 nitrogen and oxygen atoms in total. The van der Waals surface area contributed by atoms with Crippen molar-refractivity contribution in [1.29, 1.82) is 0 Å². The molecule has 16 heavy (non-hydrogen) atoms. The molecular weight excluding hydrogens is 202 g/mol. The Hall–Kier alpha value is -1.29. The molecule has 0 spiro atoms. The van der Waals surface area contributed by atoms with Gasteiger partial charge in [-0.2, -0.15) is 0 Å². The number of aliphatic hydroxyl groups excluding tert-OH is 1. The summed E-state index contributed by atoms with van der Waals surface area (Å²) < 4.78 is 0. The van der Waals surface area contributed by atoms with Crippen molar-refractivity contribution in [2.45, 2.75) is 31.7 Å². The van der Waals surface area contributed by atoms with Crippen molar-refractivity contribution in [3.05, 3.63) is 18.3 Å². The van der Waals surface area contributed by atoms with Crippen molar-refractivity contribution in [2.24, 2.45) is 5.92 Å². The summed E-state index contributed by atoms with van der Waals surface area (Å²) in [4.78, 5) is 4.22. The van der Waals surface area contributed by atoms with Gasteiger partial charge < -0.3 is 16.2 Å². The number of nitrogens with zero attached hydrogens (tertiary/aromatic N) is 1. The van der Waals surface area contributed by atoms with Crippen LogP contribution < -0.4 is 11.1 Å². The van der Waals surface area contributed by atoms with Crippen LogP contribution in [0.5, 0.6) is 0 Å². The summed E-state index contributed by atoms with van der Waals surface area (Å²) >= 11 is 0. The van der Waals surface area contributed by atoms with Gasteiger partial charge in [0.15, 0.2) is 0 Å². The molecule has 2 rings (SSSR count). The monoisotopic (exact) mass is 221 g/mol. The van der Waals surface area contributed by atoms with Crippen molar-refractivity contribution >= 4 is 11.5 Å². The molecule has 1 aromatic rings. The molecule has 2 unspecified atom stereocenters. The standard InChI is InChI=1S/C12H19N3O/c13-10-5-6-12(14-7-10)15-11-4-2-1-3-9(11)8-16/h5-7,9,11,16H,1-4,8,13H2,(H,14,15). The summed E-state index contributed by atoms with van der Waals surface area (Å²) in [5.74, 6) is 1.20. The van der Waals surface area contributed by atoms with Gasteiger partial charge in [-0.1, -0.05) is 12.8 Å². The lowest BCUT2D eigenvalue weighted by Gasteiger charge is -2.31. The van der Waals surface area contributed by atoms with Gasteiger partial charge in [0, 0.05) is 18.6 Å². The molecule has 1 heterocycles. The predicted octanol–water partition coefficient (Wildman–Crippen LogP) is 1.63. The lowest BCUT2D eigenvalue weighted by Crippen LogP contribution is -2.34. The molecule has 0 radical (unpaired) electrons. The molecule has 0 amide bonds. The SMILES string of the molecule is Nc1ccc(NC2CCCCC2CO)nc1. The number of nitrogen functional groups attached to an aromatic ring is 1. The first-order chi connectivity index (χ1) is 7.79. The molecule has 0 aliphatic heterocycles. The second-order valence-corrected chi connectivity index (χ2v) is 4.45. The van der Waals surface area contributed by atoms with Crippen molar-refractivity contribution in [1.82, 2.24) is 4.98 Å². The molecule has 1 aromatic heterocycles. The van der Waals surface area contributed by atoms with Crippen molar-refractivity contribution < 1.29 is 5.11 Å². The minimum Gasteiger partial charge on any atom is -0.397 e. The fraction of sp³-hybridized carbons (Fsp3) is 0.583. The van der Waals surface area contributed by atoms with Crippen LogP contribution >= 0.6 is 0 Å². The van der Waals surface area contributed by atoms with Crippen LogP contribution in [0.2, 0.25) is 0 Å². The highest BCUT2D eigenvalue weighted by atomic mass is 16.3. The van der Waals surface area contributed by atoms with Crippen LogP contribution in [-0.2, 0) is 0 Å². The maximum atomic E-state index is 9.30. The Labute approximate surface area is 95.9 Å². The third kappa shape index (κ3) is 2.64. The van der Waals surface area contributed by atoms with E-state index in [0.29, 0.717) is 17.6 Å². The molecule has 0 saturated heterocycles. The van der Waals surface area contributed by atoms with E-state index in [1.54, 1.807) is 6.20 Å². The molecule has 1 aliphatic carbocycles. The van der Waals surface area contributed by atoms with Gasteiger partial charge in [-0.3, -0.25) is 0 Å². The second kappa shape index (κ2) is 5.16. The topological polar surface area (TPSA) is 71.2 Å². The number of hydrogen-bond donors (Lipinski definition) is 3. The highest BCUT2D eigenvalue weighted by Gasteiger charge is 2.24. The third-order valence-electron chi connectivity index (χ3n) is 3.26. The summed E-state index contributed by atoms with van der Waals surface area (Å²) in [6.07, 6.45) is 6.31. The first-order valence-corrected chi connectivity index (χ1v) is 5.88. The number of aliphatic hydroxyl groups is 1. The molecule has 88 valence electrons. The largest absolute Gasteiger partial charge is 0.397 e. The molecule has 4 heteroatoms. The number of pyridine rings is 1. The van der Waals surface area contributed by atoms with Crippen LogP contribution in [0.1, 0.15) is 25.7 Å². The summed E-state index contributed by atoms with van der Waals surface area (Å²) in [5, 5.41) is 12.7. The normalized spacial score (nSPS) is 25.3. The molecule has 1 aliphatic rings. The van der Waals surface area contributed by atoms with E-state index >= 15 is 0 Å². The maximum Gasteiger partial charge on any atom is 0.126 e. The lowest BCUT2D eigenvalue weighted by molar-refractivity contribution is 0.178. The average Bonchev–Trinajstić information content (AvgIpc) is 2.33. The van der Waals surface area contributed by atoms with E-state index < -0.39 is 0 Å². The summed E-state index contributed by atoms with van der Waals surface area (Å²) in [7, 11) is 0. The van der Waals surface area contributed by atoms with Crippen LogP contribution in [0.15, 0.2) is 18.3 Å². The van der Waals surface area contributed by atoms with Crippen LogP contribution in [0.3, 0.4) is 0 Å². The quantitative estimate of drug-likeness (QED) is 0.725. The first kappa shape index (κ1) is 11.2. The van der Waals surface area contributed by atoms with E-state index in [1.807, 2.05) is 12.1 Å². The minimum absolute atomic E-state index is 0.257. The number of hydrogen-bond acceptors (Lipinski definition) is 4. The van der Waals surface area contributed by atoms with Crippen LogP contribution in [-0.4, -0.2) is 22.7 Å².